The monoisotopic (exact) mass is 347 g/mol. The van der Waals surface area contributed by atoms with Crippen molar-refractivity contribution in [1.29, 1.82) is 0 Å². The van der Waals surface area contributed by atoms with Gasteiger partial charge in [0, 0.05) is 34.4 Å². The maximum Gasteiger partial charge on any atom is 0.0300 e. The van der Waals surface area contributed by atoms with E-state index in [1.807, 2.05) is 0 Å². The summed E-state index contributed by atoms with van der Waals surface area (Å²) in [5.74, 6) is 0. The van der Waals surface area contributed by atoms with Gasteiger partial charge in [0.05, 0.1) is 0 Å². The fourth-order valence-corrected chi connectivity index (χ4v) is 3.35. The van der Waals surface area contributed by atoms with Crippen LogP contribution in [-0.4, -0.2) is 56.6 Å². The van der Waals surface area contributed by atoms with Gasteiger partial charge >= 0.3 is 0 Å². The topological polar surface area (TPSA) is 18.5 Å². The third-order valence-corrected chi connectivity index (χ3v) is 4.75. The van der Waals surface area contributed by atoms with Crippen LogP contribution in [0, 0.1) is 0 Å². The fraction of sp³-hybridized carbons (Fsp3) is 0.714. The zero-order valence-electron chi connectivity index (χ0n) is 12.3. The number of likely N-dealkylation sites (N-methyl/N-ethyl adjacent to an activating group) is 1. The first-order valence-corrected chi connectivity index (χ1v) is 8.59. The molecule has 0 spiro atoms. The number of hydrogen-bond donors (Lipinski definition) is 1. The lowest BCUT2D eigenvalue weighted by atomic mass is 10.3. The van der Waals surface area contributed by atoms with Crippen molar-refractivity contribution >= 4 is 27.3 Å². The van der Waals surface area contributed by atoms with Crippen LogP contribution in [-0.2, 0) is 6.54 Å². The van der Waals surface area contributed by atoms with Gasteiger partial charge in [0.1, 0.15) is 0 Å². The van der Waals surface area contributed by atoms with Crippen LogP contribution in [0.1, 0.15) is 18.2 Å². The molecule has 0 aromatic carbocycles. The zero-order valence-corrected chi connectivity index (χ0v) is 14.7. The highest BCUT2D eigenvalue weighted by Crippen LogP contribution is 2.19. The van der Waals surface area contributed by atoms with E-state index >= 15 is 0 Å². The van der Waals surface area contributed by atoms with Gasteiger partial charge < -0.3 is 15.1 Å². The molecule has 5 heteroatoms. The highest BCUT2D eigenvalue weighted by Gasteiger charge is 2.02. The van der Waals surface area contributed by atoms with Crippen molar-refractivity contribution in [3.8, 4) is 0 Å². The van der Waals surface area contributed by atoms with Gasteiger partial charge in [-0.2, -0.15) is 0 Å². The molecule has 0 atom stereocenters. The van der Waals surface area contributed by atoms with Crippen molar-refractivity contribution in [2.75, 3.05) is 46.8 Å². The smallest absolute Gasteiger partial charge is 0.0300 e. The molecule has 0 bridgehead atoms. The molecule has 0 aliphatic heterocycles. The quantitative estimate of drug-likeness (QED) is 0.656. The average molecular weight is 348 g/mol. The van der Waals surface area contributed by atoms with Gasteiger partial charge in [-0.05, 0) is 62.1 Å². The van der Waals surface area contributed by atoms with Gasteiger partial charge in [0.15, 0.2) is 0 Å². The van der Waals surface area contributed by atoms with Crippen LogP contribution < -0.4 is 5.32 Å². The molecule has 1 heterocycles. The molecule has 1 aromatic heterocycles. The Kier molecular flexibility index (Phi) is 8.90. The summed E-state index contributed by atoms with van der Waals surface area (Å²) in [4.78, 5) is 6.16. The van der Waals surface area contributed by atoms with Crippen molar-refractivity contribution in [2.45, 2.75) is 19.9 Å². The van der Waals surface area contributed by atoms with Crippen LogP contribution in [0.25, 0.3) is 0 Å². The van der Waals surface area contributed by atoms with E-state index in [-0.39, 0.29) is 0 Å². The molecule has 0 aliphatic carbocycles. The van der Waals surface area contributed by atoms with E-state index in [0.29, 0.717) is 0 Å². The minimum absolute atomic E-state index is 0.978. The summed E-state index contributed by atoms with van der Waals surface area (Å²) in [7, 11) is 4.27. The first kappa shape index (κ1) is 17.1. The second kappa shape index (κ2) is 9.88. The highest BCUT2D eigenvalue weighted by molar-refractivity contribution is 9.10. The molecule has 0 amide bonds. The number of halogens is 1. The summed E-state index contributed by atoms with van der Waals surface area (Å²) < 4.78 is 1.19. The maximum atomic E-state index is 3.52. The lowest BCUT2D eigenvalue weighted by Gasteiger charge is -2.21. The Bertz CT molecular complexity index is 341. The van der Waals surface area contributed by atoms with Gasteiger partial charge in [-0.25, -0.2) is 0 Å². The third kappa shape index (κ3) is 8.05. The van der Waals surface area contributed by atoms with Gasteiger partial charge in [-0.3, -0.25) is 0 Å². The normalized spacial score (nSPS) is 11.7. The Balaban J connectivity index is 2.08. The first-order valence-electron chi connectivity index (χ1n) is 6.92. The van der Waals surface area contributed by atoms with Crippen molar-refractivity contribution in [3.05, 3.63) is 20.8 Å². The third-order valence-electron chi connectivity index (χ3n) is 3.05. The Morgan fingerprint density at radius 1 is 1.26 bits per heavy atom. The predicted octanol–water partition coefficient (Wildman–Crippen LogP) is 2.87. The van der Waals surface area contributed by atoms with E-state index in [0.717, 1.165) is 26.2 Å². The minimum Gasteiger partial charge on any atom is -0.311 e. The SMILES string of the molecule is CCN(CCCN(C)C)CCNCc1cc(Br)cs1. The number of thiophene rings is 1. The van der Waals surface area contributed by atoms with Crippen LogP contribution in [0.2, 0.25) is 0 Å². The molecule has 3 nitrogen and oxygen atoms in total. The first-order chi connectivity index (χ1) is 9.11. The standard InChI is InChI=1S/C14H26BrN3S/c1-4-18(8-5-7-17(2)3)9-6-16-11-14-10-13(15)12-19-14/h10,12,16H,4-9,11H2,1-3H3. The van der Waals surface area contributed by atoms with Crippen LogP contribution in [0.3, 0.4) is 0 Å². The molecule has 1 rings (SSSR count). The molecule has 0 unspecified atom stereocenters. The zero-order chi connectivity index (χ0) is 14.1. The molecule has 0 saturated heterocycles. The molecule has 0 fully saturated rings. The summed E-state index contributed by atoms with van der Waals surface area (Å²) in [6, 6.07) is 2.19. The molecule has 0 saturated carbocycles. The minimum atomic E-state index is 0.978. The molecular weight excluding hydrogens is 322 g/mol. The molecule has 110 valence electrons. The number of nitrogens with one attached hydrogen (secondary N) is 1. The summed E-state index contributed by atoms with van der Waals surface area (Å²) in [6.07, 6.45) is 1.25. The Labute approximate surface area is 130 Å². The molecule has 1 aromatic rings. The van der Waals surface area contributed by atoms with E-state index in [9.17, 15) is 0 Å². The van der Waals surface area contributed by atoms with Gasteiger partial charge in [-0.15, -0.1) is 11.3 Å². The second-order valence-corrected chi connectivity index (χ2v) is 6.91. The summed E-state index contributed by atoms with van der Waals surface area (Å²) in [5.41, 5.74) is 0. The average Bonchev–Trinajstić information content (AvgIpc) is 2.77. The molecule has 0 radical (unpaired) electrons. The largest absolute Gasteiger partial charge is 0.311 e. The molecule has 19 heavy (non-hydrogen) atoms. The Morgan fingerprint density at radius 2 is 2.05 bits per heavy atom. The number of hydrogen-bond acceptors (Lipinski definition) is 4. The number of nitrogens with zero attached hydrogens (tertiary/aromatic N) is 2. The van der Waals surface area contributed by atoms with Crippen LogP contribution in [0.15, 0.2) is 15.9 Å². The lowest BCUT2D eigenvalue weighted by molar-refractivity contribution is 0.266. The Morgan fingerprint density at radius 3 is 2.63 bits per heavy atom. The van der Waals surface area contributed by atoms with Crippen LogP contribution in [0.5, 0.6) is 0 Å². The molecule has 1 N–H and O–H groups in total. The highest BCUT2D eigenvalue weighted by atomic mass is 79.9. The summed E-state index contributed by atoms with van der Waals surface area (Å²) in [5, 5.41) is 5.65. The van der Waals surface area contributed by atoms with Crippen molar-refractivity contribution in [3.63, 3.8) is 0 Å². The van der Waals surface area contributed by atoms with E-state index in [2.05, 4.69) is 63.5 Å². The predicted molar refractivity (Wildman–Crippen MR) is 89.0 cm³/mol. The van der Waals surface area contributed by atoms with E-state index in [4.69, 9.17) is 0 Å². The second-order valence-electron chi connectivity index (χ2n) is 5.00. The van der Waals surface area contributed by atoms with E-state index in [1.54, 1.807) is 11.3 Å². The Hall–Kier alpha value is 0.0600. The van der Waals surface area contributed by atoms with Crippen LogP contribution >= 0.6 is 27.3 Å². The van der Waals surface area contributed by atoms with Crippen molar-refractivity contribution in [2.24, 2.45) is 0 Å². The van der Waals surface area contributed by atoms with Crippen molar-refractivity contribution < 1.29 is 0 Å². The van der Waals surface area contributed by atoms with Crippen molar-refractivity contribution in [1.82, 2.24) is 15.1 Å². The van der Waals surface area contributed by atoms with Gasteiger partial charge in [0.25, 0.3) is 0 Å². The summed E-state index contributed by atoms with van der Waals surface area (Å²) in [6.45, 7) is 8.92. The summed E-state index contributed by atoms with van der Waals surface area (Å²) >= 11 is 5.29. The van der Waals surface area contributed by atoms with Gasteiger partial charge in [0.2, 0.25) is 0 Å². The fourth-order valence-electron chi connectivity index (χ4n) is 1.93. The van der Waals surface area contributed by atoms with Gasteiger partial charge in [-0.1, -0.05) is 6.92 Å². The van der Waals surface area contributed by atoms with Crippen LogP contribution in [0.4, 0.5) is 0 Å². The maximum absolute atomic E-state index is 3.52. The van der Waals surface area contributed by atoms with E-state index < -0.39 is 0 Å². The molecule has 0 aliphatic rings. The lowest BCUT2D eigenvalue weighted by Crippen LogP contribution is -2.33. The number of rotatable bonds is 10. The van der Waals surface area contributed by atoms with E-state index in [1.165, 1.54) is 28.9 Å². The molecular formula is C14H26BrN3S.